The predicted octanol–water partition coefficient (Wildman–Crippen LogP) is 2.56. The molecule has 1 fully saturated rings. The van der Waals surface area contributed by atoms with Crippen molar-refractivity contribution in [3.63, 3.8) is 0 Å². The van der Waals surface area contributed by atoms with Crippen LogP contribution >= 0.6 is 0 Å². The second-order valence-corrected chi connectivity index (χ2v) is 7.33. The van der Waals surface area contributed by atoms with Crippen LogP contribution in [0.3, 0.4) is 0 Å². The van der Waals surface area contributed by atoms with Crippen LogP contribution in [0, 0.1) is 0 Å². The zero-order valence-corrected chi connectivity index (χ0v) is 17.2. The molecule has 0 aliphatic carbocycles. The number of amides is 1. The quantitative estimate of drug-likeness (QED) is 0.732. The van der Waals surface area contributed by atoms with Gasteiger partial charge < -0.3 is 19.3 Å². The van der Waals surface area contributed by atoms with E-state index >= 15 is 0 Å². The van der Waals surface area contributed by atoms with Crippen molar-refractivity contribution in [1.82, 2.24) is 19.6 Å². The van der Waals surface area contributed by atoms with E-state index in [-0.39, 0.29) is 12.0 Å². The van der Waals surface area contributed by atoms with Gasteiger partial charge in [-0.2, -0.15) is 5.10 Å². The van der Waals surface area contributed by atoms with Gasteiger partial charge in [0.25, 0.3) is 5.91 Å². The van der Waals surface area contributed by atoms with Crippen molar-refractivity contribution in [2.24, 2.45) is 7.05 Å². The Hall–Kier alpha value is -2.54. The first-order valence-electron chi connectivity index (χ1n) is 9.80. The lowest BCUT2D eigenvalue weighted by atomic mass is 10.1. The van der Waals surface area contributed by atoms with Crippen LogP contribution < -0.4 is 9.47 Å². The average Bonchev–Trinajstić information content (AvgIpc) is 3.12. The van der Waals surface area contributed by atoms with Gasteiger partial charge in [0.2, 0.25) is 0 Å². The van der Waals surface area contributed by atoms with Crippen molar-refractivity contribution in [3.8, 4) is 11.5 Å². The van der Waals surface area contributed by atoms with Crippen LogP contribution in [0.1, 0.15) is 35.7 Å². The molecule has 0 N–H and O–H groups in total. The van der Waals surface area contributed by atoms with Crippen LogP contribution in [0.5, 0.6) is 11.5 Å². The van der Waals surface area contributed by atoms with Crippen LogP contribution in [-0.2, 0) is 13.6 Å². The van der Waals surface area contributed by atoms with E-state index in [0.29, 0.717) is 30.2 Å². The molecule has 0 radical (unpaired) electrons. The lowest BCUT2D eigenvalue weighted by molar-refractivity contribution is 0.0752. The molecule has 28 heavy (non-hydrogen) atoms. The fraction of sp³-hybridized carbons (Fsp3) is 0.524. The highest BCUT2D eigenvalue weighted by Gasteiger charge is 2.21. The number of methoxy groups -OCH3 is 1. The van der Waals surface area contributed by atoms with E-state index in [2.05, 4.69) is 17.0 Å². The van der Waals surface area contributed by atoms with Crippen LogP contribution in [-0.4, -0.2) is 65.4 Å². The number of ether oxygens (including phenoxy) is 2. The Bertz CT molecular complexity index is 797. The van der Waals surface area contributed by atoms with Gasteiger partial charge in [-0.3, -0.25) is 9.48 Å². The molecule has 0 unspecified atom stereocenters. The normalized spacial score (nSPS) is 15.4. The maximum absolute atomic E-state index is 13.0. The third-order valence-electron chi connectivity index (χ3n) is 5.17. The summed E-state index contributed by atoms with van der Waals surface area (Å²) in [6, 6.07) is 5.45. The first kappa shape index (κ1) is 20.2. The number of hydrogen-bond acceptors (Lipinski definition) is 5. The second kappa shape index (κ2) is 9.10. The molecule has 2 heterocycles. The summed E-state index contributed by atoms with van der Waals surface area (Å²) >= 11 is 0. The van der Waals surface area contributed by atoms with E-state index in [1.165, 1.54) is 0 Å². The number of carbonyl (C=O) groups excluding carboxylic acids is 1. The lowest BCUT2D eigenvalue weighted by Crippen LogP contribution is -2.35. The van der Waals surface area contributed by atoms with E-state index in [9.17, 15) is 4.79 Å². The highest BCUT2D eigenvalue weighted by Crippen LogP contribution is 2.31. The molecule has 0 spiro atoms. The number of piperidine rings is 1. The molecule has 1 amide bonds. The number of rotatable bonds is 7. The Morgan fingerprint density at radius 2 is 2.00 bits per heavy atom. The number of carbonyl (C=O) groups is 1. The fourth-order valence-electron chi connectivity index (χ4n) is 3.46. The van der Waals surface area contributed by atoms with Gasteiger partial charge in [-0.15, -0.1) is 0 Å². The second-order valence-electron chi connectivity index (χ2n) is 7.33. The summed E-state index contributed by atoms with van der Waals surface area (Å²) < 4.78 is 13.4. The largest absolute Gasteiger partial charge is 0.493 e. The minimum atomic E-state index is -0.0319. The molecule has 1 aliphatic rings. The summed E-state index contributed by atoms with van der Waals surface area (Å²) in [5.74, 6) is 1.27. The Morgan fingerprint density at radius 3 is 2.61 bits per heavy atom. The van der Waals surface area contributed by atoms with Gasteiger partial charge >= 0.3 is 0 Å². The van der Waals surface area contributed by atoms with Crippen molar-refractivity contribution in [2.45, 2.75) is 32.4 Å². The van der Waals surface area contributed by atoms with Crippen LogP contribution in [0.4, 0.5) is 0 Å². The predicted molar refractivity (Wildman–Crippen MR) is 108 cm³/mol. The number of aryl methyl sites for hydroxylation is 1. The minimum Gasteiger partial charge on any atom is -0.493 e. The van der Waals surface area contributed by atoms with Gasteiger partial charge in [-0.1, -0.05) is 0 Å². The summed E-state index contributed by atoms with van der Waals surface area (Å²) in [6.07, 6.45) is 5.89. The van der Waals surface area contributed by atoms with Crippen LogP contribution in [0.25, 0.3) is 0 Å². The van der Waals surface area contributed by atoms with Gasteiger partial charge in [0.1, 0.15) is 6.10 Å². The van der Waals surface area contributed by atoms with E-state index in [4.69, 9.17) is 9.47 Å². The SMILES string of the molecule is CCN(Cc1cnn(C)c1)C(=O)c1ccc(OC2CCN(C)CC2)c(OC)c1. The summed E-state index contributed by atoms with van der Waals surface area (Å²) in [7, 11) is 5.61. The molecule has 0 bridgehead atoms. The third kappa shape index (κ3) is 4.84. The molecule has 7 nitrogen and oxygen atoms in total. The average molecular weight is 386 g/mol. The molecule has 7 heteroatoms. The number of likely N-dealkylation sites (tertiary alicyclic amines) is 1. The molecule has 3 rings (SSSR count). The highest BCUT2D eigenvalue weighted by atomic mass is 16.5. The van der Waals surface area contributed by atoms with E-state index in [1.54, 1.807) is 29.0 Å². The van der Waals surface area contributed by atoms with E-state index in [0.717, 1.165) is 31.5 Å². The van der Waals surface area contributed by atoms with Gasteiger partial charge in [0.15, 0.2) is 11.5 Å². The molecule has 1 saturated heterocycles. The van der Waals surface area contributed by atoms with Crippen LogP contribution in [0.15, 0.2) is 30.6 Å². The van der Waals surface area contributed by atoms with Crippen LogP contribution in [0.2, 0.25) is 0 Å². The number of hydrogen-bond donors (Lipinski definition) is 0. The maximum Gasteiger partial charge on any atom is 0.254 e. The fourth-order valence-corrected chi connectivity index (χ4v) is 3.46. The number of benzene rings is 1. The van der Waals surface area contributed by atoms with Crippen molar-refractivity contribution in [3.05, 3.63) is 41.7 Å². The van der Waals surface area contributed by atoms with Gasteiger partial charge in [0, 0.05) is 50.6 Å². The molecule has 152 valence electrons. The molecular weight excluding hydrogens is 356 g/mol. The van der Waals surface area contributed by atoms with Crippen molar-refractivity contribution >= 4 is 5.91 Å². The van der Waals surface area contributed by atoms with E-state index < -0.39 is 0 Å². The zero-order valence-electron chi connectivity index (χ0n) is 17.2. The molecule has 1 aromatic heterocycles. The molecule has 2 aromatic rings. The molecule has 0 atom stereocenters. The first-order chi connectivity index (χ1) is 13.5. The maximum atomic E-state index is 13.0. The van der Waals surface area contributed by atoms with Crippen molar-refractivity contribution < 1.29 is 14.3 Å². The van der Waals surface area contributed by atoms with Gasteiger partial charge in [-0.05, 0) is 45.0 Å². The Balaban J connectivity index is 1.71. The van der Waals surface area contributed by atoms with Crippen molar-refractivity contribution in [1.29, 1.82) is 0 Å². The molecular formula is C21H30N4O3. The minimum absolute atomic E-state index is 0.0319. The summed E-state index contributed by atoms with van der Waals surface area (Å²) in [5.41, 5.74) is 1.60. The first-order valence-corrected chi connectivity index (χ1v) is 9.80. The highest BCUT2D eigenvalue weighted by molar-refractivity contribution is 5.94. The summed E-state index contributed by atoms with van der Waals surface area (Å²) in [6.45, 7) is 5.18. The topological polar surface area (TPSA) is 59.8 Å². The molecule has 1 aromatic carbocycles. The third-order valence-corrected chi connectivity index (χ3v) is 5.17. The Labute approximate surface area is 166 Å². The summed E-state index contributed by atoms with van der Waals surface area (Å²) in [5, 5.41) is 4.17. The molecule has 1 aliphatic heterocycles. The summed E-state index contributed by atoms with van der Waals surface area (Å²) in [4.78, 5) is 17.1. The van der Waals surface area contributed by atoms with E-state index in [1.807, 2.05) is 32.3 Å². The zero-order chi connectivity index (χ0) is 20.1. The van der Waals surface area contributed by atoms with Gasteiger partial charge in [-0.25, -0.2) is 0 Å². The Morgan fingerprint density at radius 1 is 1.25 bits per heavy atom. The molecule has 0 saturated carbocycles. The van der Waals surface area contributed by atoms with Crippen molar-refractivity contribution in [2.75, 3.05) is 33.8 Å². The van der Waals surface area contributed by atoms with Gasteiger partial charge in [0.05, 0.1) is 13.3 Å². The lowest BCUT2D eigenvalue weighted by Gasteiger charge is -2.29. The number of aromatic nitrogens is 2. The Kier molecular flexibility index (Phi) is 6.57. The monoisotopic (exact) mass is 386 g/mol. The standard InChI is InChI=1S/C21H30N4O3/c1-5-25(15-16-13-22-24(3)14-16)21(26)17-6-7-19(20(12-17)27-4)28-18-8-10-23(2)11-9-18/h6-7,12-14,18H,5,8-11,15H2,1-4H3. The number of nitrogens with zero attached hydrogens (tertiary/aromatic N) is 4. The smallest absolute Gasteiger partial charge is 0.254 e.